The molecule has 3 heteroatoms. The van der Waals surface area contributed by atoms with Crippen molar-refractivity contribution in [2.45, 2.75) is 11.3 Å². The van der Waals surface area contributed by atoms with Gasteiger partial charge in [-0.3, -0.25) is 4.79 Å². The summed E-state index contributed by atoms with van der Waals surface area (Å²) in [6.07, 6.45) is 3.07. The zero-order valence-corrected chi connectivity index (χ0v) is 10.4. The molecule has 0 spiro atoms. The third kappa shape index (κ3) is 2.40. The number of thioether (sulfide) groups is 2. The molecule has 1 heterocycles. The van der Waals surface area contributed by atoms with Gasteiger partial charge in [0.15, 0.2) is 5.78 Å². The van der Waals surface area contributed by atoms with Gasteiger partial charge < -0.3 is 0 Å². The van der Waals surface area contributed by atoms with E-state index >= 15 is 0 Å². The summed E-state index contributed by atoms with van der Waals surface area (Å²) in [5, 5.41) is 0. The molecule has 0 saturated carbocycles. The molecular weight excluding hydrogens is 224 g/mol. The molecule has 1 unspecified atom stereocenters. The Hall–Kier alpha value is -0.410. The number of carbonyl (C=O) groups is 1. The summed E-state index contributed by atoms with van der Waals surface area (Å²) in [4.78, 5) is 13.3. The van der Waals surface area contributed by atoms with Crippen molar-refractivity contribution in [3.05, 3.63) is 29.8 Å². The summed E-state index contributed by atoms with van der Waals surface area (Å²) in [7, 11) is 0. The summed E-state index contributed by atoms with van der Waals surface area (Å²) >= 11 is 3.55. The first-order valence-corrected chi connectivity index (χ1v) is 7.46. The van der Waals surface area contributed by atoms with Gasteiger partial charge in [0, 0.05) is 22.1 Å². The van der Waals surface area contributed by atoms with Crippen LogP contribution in [0.4, 0.5) is 0 Å². The number of ketones is 1. The Labute approximate surface area is 99.0 Å². The van der Waals surface area contributed by atoms with Crippen LogP contribution < -0.4 is 0 Å². The van der Waals surface area contributed by atoms with Crippen molar-refractivity contribution in [3.8, 4) is 0 Å². The maximum Gasteiger partial charge on any atom is 0.167 e. The lowest BCUT2D eigenvalue weighted by atomic mass is 9.97. The highest BCUT2D eigenvalue weighted by molar-refractivity contribution is 7.99. The van der Waals surface area contributed by atoms with Gasteiger partial charge in [-0.25, -0.2) is 0 Å². The number of carbonyl (C=O) groups excluding carboxylic acids is 1. The lowest BCUT2D eigenvalue weighted by Crippen LogP contribution is -2.14. The quantitative estimate of drug-likeness (QED) is 0.594. The first kappa shape index (κ1) is 11.1. The molecule has 15 heavy (non-hydrogen) atoms. The van der Waals surface area contributed by atoms with E-state index in [1.807, 2.05) is 42.3 Å². The Kier molecular flexibility index (Phi) is 3.76. The highest BCUT2D eigenvalue weighted by Gasteiger charge is 2.25. The van der Waals surface area contributed by atoms with Gasteiger partial charge in [0.05, 0.1) is 0 Å². The van der Waals surface area contributed by atoms with Crippen LogP contribution in [0.15, 0.2) is 29.2 Å². The predicted molar refractivity (Wildman–Crippen MR) is 68.0 cm³/mol. The Morgan fingerprint density at radius 1 is 1.47 bits per heavy atom. The zero-order chi connectivity index (χ0) is 10.7. The standard InChI is InChI=1S/C12H14OS2/c1-14-11-5-3-2-4-10(11)12(13)9-6-7-15-8-9/h2-5,9H,6-8H2,1H3. The molecule has 1 saturated heterocycles. The molecule has 0 aliphatic carbocycles. The molecule has 1 nitrogen and oxygen atoms in total. The lowest BCUT2D eigenvalue weighted by molar-refractivity contribution is 0.0931. The maximum atomic E-state index is 12.2. The van der Waals surface area contributed by atoms with Crippen LogP contribution in [-0.4, -0.2) is 23.5 Å². The molecule has 1 aliphatic heterocycles. The third-order valence-corrected chi connectivity index (χ3v) is 4.63. The minimum atomic E-state index is 0.253. The number of Topliss-reactive ketones (excluding diaryl/α,β-unsaturated/α-hetero) is 1. The van der Waals surface area contributed by atoms with Gasteiger partial charge in [-0.1, -0.05) is 18.2 Å². The molecule has 0 radical (unpaired) electrons. The number of benzene rings is 1. The SMILES string of the molecule is CSc1ccccc1C(=O)C1CCSC1. The van der Waals surface area contributed by atoms with E-state index in [0.717, 1.165) is 28.4 Å². The lowest BCUT2D eigenvalue weighted by Gasteiger charge is -2.10. The molecule has 0 aromatic heterocycles. The fourth-order valence-electron chi connectivity index (χ4n) is 1.81. The van der Waals surface area contributed by atoms with Gasteiger partial charge in [0.25, 0.3) is 0 Å². The van der Waals surface area contributed by atoms with E-state index in [0.29, 0.717) is 5.78 Å². The van der Waals surface area contributed by atoms with Gasteiger partial charge >= 0.3 is 0 Å². The summed E-state index contributed by atoms with van der Waals surface area (Å²) in [5.74, 6) is 2.73. The number of hydrogen-bond donors (Lipinski definition) is 0. The molecule has 0 amide bonds. The van der Waals surface area contributed by atoms with Crippen LogP contribution in [0.25, 0.3) is 0 Å². The highest BCUT2D eigenvalue weighted by atomic mass is 32.2. The molecule has 1 aromatic rings. The molecule has 2 rings (SSSR count). The summed E-state index contributed by atoms with van der Waals surface area (Å²) in [6, 6.07) is 7.93. The Bertz CT molecular complexity index is 356. The Morgan fingerprint density at radius 2 is 2.27 bits per heavy atom. The molecule has 0 N–H and O–H groups in total. The van der Waals surface area contributed by atoms with Gasteiger partial charge in [0.1, 0.15) is 0 Å². The Morgan fingerprint density at radius 3 is 2.93 bits per heavy atom. The number of hydrogen-bond acceptors (Lipinski definition) is 3. The van der Waals surface area contributed by atoms with Crippen molar-refractivity contribution in [2.24, 2.45) is 5.92 Å². The van der Waals surface area contributed by atoms with E-state index in [-0.39, 0.29) is 5.92 Å². The van der Waals surface area contributed by atoms with E-state index in [1.165, 1.54) is 0 Å². The monoisotopic (exact) mass is 238 g/mol. The van der Waals surface area contributed by atoms with Crippen LogP contribution in [0.1, 0.15) is 16.8 Å². The molecule has 0 bridgehead atoms. The zero-order valence-electron chi connectivity index (χ0n) is 8.73. The fraction of sp³-hybridized carbons (Fsp3) is 0.417. The minimum absolute atomic E-state index is 0.253. The van der Waals surface area contributed by atoms with Crippen LogP contribution in [0, 0.1) is 5.92 Å². The van der Waals surface area contributed by atoms with Crippen LogP contribution in [0.5, 0.6) is 0 Å². The third-order valence-electron chi connectivity index (χ3n) is 2.67. The smallest absolute Gasteiger partial charge is 0.167 e. The van der Waals surface area contributed by atoms with Crippen molar-refractivity contribution in [1.29, 1.82) is 0 Å². The average Bonchev–Trinajstić information content (AvgIpc) is 2.81. The average molecular weight is 238 g/mol. The van der Waals surface area contributed by atoms with E-state index in [9.17, 15) is 4.79 Å². The minimum Gasteiger partial charge on any atom is -0.294 e. The summed E-state index contributed by atoms with van der Waals surface area (Å²) in [6.45, 7) is 0. The second kappa shape index (κ2) is 5.08. The molecule has 1 fully saturated rings. The van der Waals surface area contributed by atoms with Crippen molar-refractivity contribution < 1.29 is 4.79 Å². The maximum absolute atomic E-state index is 12.2. The van der Waals surface area contributed by atoms with E-state index < -0.39 is 0 Å². The molecule has 1 aromatic carbocycles. The van der Waals surface area contributed by atoms with E-state index in [2.05, 4.69) is 0 Å². The van der Waals surface area contributed by atoms with Gasteiger partial charge in [-0.05, 0) is 24.5 Å². The molecule has 1 aliphatic rings. The van der Waals surface area contributed by atoms with Crippen molar-refractivity contribution >= 4 is 29.3 Å². The van der Waals surface area contributed by atoms with Crippen LogP contribution in [0.2, 0.25) is 0 Å². The van der Waals surface area contributed by atoms with E-state index in [4.69, 9.17) is 0 Å². The topological polar surface area (TPSA) is 17.1 Å². The fourth-order valence-corrected chi connectivity index (χ4v) is 3.63. The number of rotatable bonds is 3. The van der Waals surface area contributed by atoms with Gasteiger partial charge in [0.2, 0.25) is 0 Å². The summed E-state index contributed by atoms with van der Waals surface area (Å²) in [5.41, 5.74) is 0.914. The molecule has 80 valence electrons. The summed E-state index contributed by atoms with van der Waals surface area (Å²) < 4.78 is 0. The normalized spacial score (nSPS) is 20.5. The Balaban J connectivity index is 2.24. The second-order valence-electron chi connectivity index (χ2n) is 3.63. The highest BCUT2D eigenvalue weighted by Crippen LogP contribution is 2.29. The second-order valence-corrected chi connectivity index (χ2v) is 5.62. The molecular formula is C12H14OS2. The van der Waals surface area contributed by atoms with Crippen molar-refractivity contribution in [3.63, 3.8) is 0 Å². The predicted octanol–water partition coefficient (Wildman–Crippen LogP) is 3.34. The van der Waals surface area contributed by atoms with Gasteiger partial charge in [-0.2, -0.15) is 11.8 Å². The van der Waals surface area contributed by atoms with E-state index in [1.54, 1.807) is 11.8 Å². The first-order valence-electron chi connectivity index (χ1n) is 5.08. The van der Waals surface area contributed by atoms with Gasteiger partial charge in [-0.15, -0.1) is 11.8 Å². The van der Waals surface area contributed by atoms with Crippen LogP contribution in [0.3, 0.4) is 0 Å². The van der Waals surface area contributed by atoms with Crippen LogP contribution in [-0.2, 0) is 0 Å². The van der Waals surface area contributed by atoms with Crippen LogP contribution >= 0.6 is 23.5 Å². The molecule has 1 atom stereocenters. The van der Waals surface area contributed by atoms with Crippen molar-refractivity contribution in [1.82, 2.24) is 0 Å². The largest absolute Gasteiger partial charge is 0.294 e. The first-order chi connectivity index (χ1) is 7.33. The van der Waals surface area contributed by atoms with Crippen molar-refractivity contribution in [2.75, 3.05) is 17.8 Å².